The van der Waals surface area contributed by atoms with E-state index in [4.69, 9.17) is 9.47 Å². The van der Waals surface area contributed by atoms with Crippen molar-refractivity contribution < 1.29 is 19.1 Å². The van der Waals surface area contributed by atoms with E-state index in [0.29, 0.717) is 46.8 Å². The highest BCUT2D eigenvalue weighted by Gasteiger charge is 2.28. The number of rotatable bonds is 6. The van der Waals surface area contributed by atoms with Crippen LogP contribution in [0, 0.1) is 0 Å². The van der Waals surface area contributed by atoms with Gasteiger partial charge in [-0.3, -0.25) is 9.59 Å². The van der Waals surface area contributed by atoms with Crippen molar-refractivity contribution in [3.8, 4) is 11.8 Å². The third-order valence-electron chi connectivity index (χ3n) is 5.41. The Morgan fingerprint density at radius 2 is 1.72 bits per heavy atom. The van der Waals surface area contributed by atoms with Crippen LogP contribution in [0.15, 0.2) is 47.8 Å². The summed E-state index contributed by atoms with van der Waals surface area (Å²) in [5.74, 6) is 1.37. The number of aromatic nitrogens is 2. The van der Waals surface area contributed by atoms with E-state index in [1.807, 2.05) is 16.3 Å². The molecule has 1 aromatic carbocycles. The van der Waals surface area contributed by atoms with Crippen LogP contribution in [0.1, 0.15) is 44.6 Å². The summed E-state index contributed by atoms with van der Waals surface area (Å²) in [7, 11) is 3.11. The standard InChI is InChI=1S/C23H24N4O4S/c1-30-19-14-20(31-2)26-21(25-19)15-9-11-27(12-10-15)23(29)16-6-3-4-7-17(16)24-22(28)18-8-5-13-32-18/h3-8,13-15H,9-12H2,1-2H3,(H,24,28). The van der Waals surface area contributed by atoms with Gasteiger partial charge in [0.1, 0.15) is 5.82 Å². The van der Waals surface area contributed by atoms with E-state index < -0.39 is 0 Å². The zero-order chi connectivity index (χ0) is 22.5. The molecule has 1 aliphatic rings. The molecule has 3 aromatic rings. The topological polar surface area (TPSA) is 93.7 Å². The molecule has 4 rings (SSSR count). The molecule has 32 heavy (non-hydrogen) atoms. The fourth-order valence-corrected chi connectivity index (χ4v) is 4.31. The second-order valence-electron chi connectivity index (χ2n) is 7.35. The van der Waals surface area contributed by atoms with E-state index in [0.717, 1.165) is 12.8 Å². The summed E-state index contributed by atoms with van der Waals surface area (Å²) in [6.45, 7) is 1.14. The maximum Gasteiger partial charge on any atom is 0.265 e. The average Bonchev–Trinajstić information content (AvgIpc) is 3.39. The highest BCUT2D eigenvalue weighted by atomic mass is 32.1. The van der Waals surface area contributed by atoms with E-state index in [9.17, 15) is 9.59 Å². The smallest absolute Gasteiger partial charge is 0.265 e. The van der Waals surface area contributed by atoms with Gasteiger partial charge in [-0.2, -0.15) is 9.97 Å². The largest absolute Gasteiger partial charge is 0.481 e. The molecule has 1 aliphatic heterocycles. The first-order chi connectivity index (χ1) is 15.6. The number of amides is 2. The molecule has 0 unspecified atom stereocenters. The van der Waals surface area contributed by atoms with Crippen LogP contribution in [0.4, 0.5) is 5.69 Å². The average molecular weight is 453 g/mol. The Morgan fingerprint density at radius 1 is 1.03 bits per heavy atom. The van der Waals surface area contributed by atoms with Gasteiger partial charge in [0.25, 0.3) is 11.8 Å². The van der Waals surface area contributed by atoms with Gasteiger partial charge in [-0.1, -0.05) is 18.2 Å². The number of carbonyl (C=O) groups is 2. The van der Waals surface area contributed by atoms with E-state index >= 15 is 0 Å². The maximum absolute atomic E-state index is 13.2. The van der Waals surface area contributed by atoms with Crippen LogP contribution in [-0.4, -0.2) is 54.0 Å². The van der Waals surface area contributed by atoms with Crippen LogP contribution in [-0.2, 0) is 0 Å². The summed E-state index contributed by atoms with van der Waals surface area (Å²) in [5, 5.41) is 4.71. The summed E-state index contributed by atoms with van der Waals surface area (Å²) < 4.78 is 10.5. The van der Waals surface area contributed by atoms with Crippen molar-refractivity contribution in [1.82, 2.24) is 14.9 Å². The summed E-state index contributed by atoms with van der Waals surface area (Å²) in [6.07, 6.45) is 1.46. The molecule has 0 bridgehead atoms. The Kier molecular flexibility index (Phi) is 6.65. The lowest BCUT2D eigenvalue weighted by atomic mass is 9.95. The molecule has 3 heterocycles. The van der Waals surface area contributed by atoms with Gasteiger partial charge in [0, 0.05) is 19.0 Å². The highest BCUT2D eigenvalue weighted by molar-refractivity contribution is 7.12. The number of para-hydroxylation sites is 1. The monoisotopic (exact) mass is 452 g/mol. The molecule has 9 heteroatoms. The van der Waals surface area contributed by atoms with Crippen LogP contribution in [0.5, 0.6) is 11.8 Å². The number of methoxy groups -OCH3 is 2. The Hall–Kier alpha value is -3.46. The van der Waals surface area contributed by atoms with Crippen molar-refractivity contribution in [2.45, 2.75) is 18.8 Å². The number of anilines is 1. The number of piperidine rings is 1. The first kappa shape index (κ1) is 21.8. The highest BCUT2D eigenvalue weighted by Crippen LogP contribution is 2.30. The molecule has 0 radical (unpaired) electrons. The van der Waals surface area contributed by atoms with Gasteiger partial charge in [-0.15, -0.1) is 11.3 Å². The van der Waals surface area contributed by atoms with Crippen LogP contribution in [0.25, 0.3) is 0 Å². The predicted molar refractivity (Wildman–Crippen MR) is 122 cm³/mol. The van der Waals surface area contributed by atoms with E-state index in [1.54, 1.807) is 50.6 Å². The predicted octanol–water partition coefficient (Wildman–Crippen LogP) is 3.83. The minimum absolute atomic E-state index is 0.102. The second kappa shape index (κ2) is 9.78. The van der Waals surface area contributed by atoms with Gasteiger partial charge in [-0.05, 0) is 36.4 Å². The molecule has 1 saturated heterocycles. The quantitative estimate of drug-likeness (QED) is 0.611. The molecule has 2 amide bonds. The third kappa shape index (κ3) is 4.72. The molecule has 0 aliphatic carbocycles. The van der Waals surface area contributed by atoms with Crippen molar-refractivity contribution in [2.24, 2.45) is 0 Å². The first-order valence-corrected chi connectivity index (χ1v) is 11.2. The molecule has 1 N–H and O–H groups in total. The SMILES string of the molecule is COc1cc(OC)nc(C2CCN(C(=O)c3ccccc3NC(=O)c3cccs3)CC2)n1. The third-order valence-corrected chi connectivity index (χ3v) is 6.28. The number of nitrogens with one attached hydrogen (secondary N) is 1. The van der Waals surface area contributed by atoms with Crippen molar-refractivity contribution >= 4 is 28.8 Å². The number of thiophene rings is 1. The molecular weight excluding hydrogens is 428 g/mol. The molecule has 1 fully saturated rings. The number of carbonyl (C=O) groups excluding carboxylic acids is 2. The number of hydrogen-bond acceptors (Lipinski definition) is 7. The molecule has 0 atom stereocenters. The summed E-state index contributed by atoms with van der Waals surface area (Å²) in [5.41, 5.74) is 0.994. The lowest BCUT2D eigenvalue weighted by molar-refractivity contribution is 0.0711. The normalized spacial score (nSPS) is 14.1. The van der Waals surface area contributed by atoms with Crippen molar-refractivity contribution in [1.29, 1.82) is 0 Å². The van der Waals surface area contributed by atoms with Crippen molar-refractivity contribution in [3.05, 3.63) is 64.1 Å². The molecule has 166 valence electrons. The molecular formula is C23H24N4O4S. The Balaban J connectivity index is 1.45. The van der Waals surface area contributed by atoms with Gasteiger partial charge in [-0.25, -0.2) is 0 Å². The van der Waals surface area contributed by atoms with Crippen LogP contribution < -0.4 is 14.8 Å². The van der Waals surface area contributed by atoms with E-state index in [2.05, 4.69) is 15.3 Å². The fourth-order valence-electron chi connectivity index (χ4n) is 3.69. The summed E-state index contributed by atoms with van der Waals surface area (Å²) >= 11 is 1.36. The minimum Gasteiger partial charge on any atom is -0.481 e. The van der Waals surface area contributed by atoms with Gasteiger partial charge >= 0.3 is 0 Å². The number of benzene rings is 1. The van der Waals surface area contributed by atoms with E-state index in [-0.39, 0.29) is 17.7 Å². The van der Waals surface area contributed by atoms with Gasteiger partial charge < -0.3 is 19.7 Å². The fraction of sp³-hybridized carbons (Fsp3) is 0.304. The van der Waals surface area contributed by atoms with Crippen LogP contribution >= 0.6 is 11.3 Å². The van der Waals surface area contributed by atoms with Crippen LogP contribution in [0.3, 0.4) is 0 Å². The number of hydrogen-bond donors (Lipinski definition) is 1. The van der Waals surface area contributed by atoms with Crippen molar-refractivity contribution in [3.63, 3.8) is 0 Å². The zero-order valence-corrected chi connectivity index (χ0v) is 18.7. The maximum atomic E-state index is 13.2. The number of ether oxygens (including phenoxy) is 2. The van der Waals surface area contributed by atoms with Gasteiger partial charge in [0.05, 0.1) is 36.4 Å². The second-order valence-corrected chi connectivity index (χ2v) is 8.30. The molecule has 0 spiro atoms. The minimum atomic E-state index is -0.219. The van der Waals surface area contributed by atoms with Crippen molar-refractivity contribution in [2.75, 3.05) is 32.6 Å². The molecule has 0 saturated carbocycles. The van der Waals surface area contributed by atoms with Crippen LogP contribution in [0.2, 0.25) is 0 Å². The summed E-state index contributed by atoms with van der Waals surface area (Å²) in [6, 6.07) is 12.3. The lowest BCUT2D eigenvalue weighted by Crippen LogP contribution is -2.38. The zero-order valence-electron chi connectivity index (χ0n) is 17.9. The van der Waals surface area contributed by atoms with E-state index in [1.165, 1.54) is 11.3 Å². The first-order valence-electron chi connectivity index (χ1n) is 10.3. The Labute approximate surface area is 190 Å². The number of nitrogens with zero attached hydrogens (tertiary/aromatic N) is 3. The lowest BCUT2D eigenvalue weighted by Gasteiger charge is -2.32. The number of likely N-dealkylation sites (tertiary alicyclic amines) is 1. The Morgan fingerprint density at radius 3 is 2.34 bits per heavy atom. The van der Waals surface area contributed by atoms with Gasteiger partial charge in [0.2, 0.25) is 11.8 Å². The molecule has 2 aromatic heterocycles. The summed E-state index contributed by atoms with van der Waals surface area (Å²) in [4.78, 5) is 37.0. The Bertz CT molecular complexity index is 1070. The molecule has 8 nitrogen and oxygen atoms in total. The van der Waals surface area contributed by atoms with Gasteiger partial charge in [0.15, 0.2) is 0 Å².